The quantitative estimate of drug-likeness (QED) is 0.850. The summed E-state index contributed by atoms with van der Waals surface area (Å²) in [5.74, 6) is -0.126. The van der Waals surface area contributed by atoms with Crippen LogP contribution in [-0.4, -0.2) is 40.9 Å². The van der Waals surface area contributed by atoms with E-state index in [9.17, 15) is 9.18 Å². The Balaban J connectivity index is 1.74. The molecule has 0 saturated carbocycles. The minimum atomic E-state index is -0.301. The molecular formula is C17H22ClFN2O. The molecule has 1 aromatic carbocycles. The van der Waals surface area contributed by atoms with Crippen LogP contribution in [0.4, 0.5) is 4.39 Å². The fourth-order valence-corrected chi connectivity index (χ4v) is 4.16. The first-order valence-electron chi connectivity index (χ1n) is 8.01. The van der Waals surface area contributed by atoms with Crippen LogP contribution in [0.1, 0.15) is 38.2 Å². The second-order valence-electron chi connectivity index (χ2n) is 6.34. The first-order chi connectivity index (χ1) is 10.6. The summed E-state index contributed by atoms with van der Waals surface area (Å²) in [5.41, 5.74) is 0.960. The molecule has 0 aromatic heterocycles. The zero-order valence-electron chi connectivity index (χ0n) is 12.9. The van der Waals surface area contributed by atoms with E-state index in [0.717, 1.165) is 50.9 Å². The van der Waals surface area contributed by atoms with Crippen molar-refractivity contribution in [3.05, 3.63) is 34.6 Å². The van der Waals surface area contributed by atoms with Gasteiger partial charge in [-0.3, -0.25) is 9.69 Å². The maximum atomic E-state index is 13.2. The molecule has 22 heavy (non-hydrogen) atoms. The highest BCUT2D eigenvalue weighted by Crippen LogP contribution is 2.32. The fraction of sp³-hybridized carbons (Fsp3) is 0.588. The summed E-state index contributed by atoms with van der Waals surface area (Å²) in [6.07, 6.45) is 4.43. The molecule has 3 nitrogen and oxygen atoms in total. The van der Waals surface area contributed by atoms with Gasteiger partial charge in [0, 0.05) is 37.1 Å². The van der Waals surface area contributed by atoms with Gasteiger partial charge in [-0.15, -0.1) is 0 Å². The number of hydrogen-bond donors (Lipinski definition) is 0. The number of amides is 1. The molecule has 2 aliphatic rings. The molecule has 0 N–H and O–H groups in total. The van der Waals surface area contributed by atoms with Crippen LogP contribution in [0.5, 0.6) is 0 Å². The van der Waals surface area contributed by atoms with Gasteiger partial charge in [0.2, 0.25) is 5.91 Å². The Morgan fingerprint density at radius 2 is 2.00 bits per heavy atom. The van der Waals surface area contributed by atoms with Gasteiger partial charge in [0.05, 0.1) is 0 Å². The lowest BCUT2D eigenvalue weighted by molar-refractivity contribution is -0.130. The van der Waals surface area contributed by atoms with Gasteiger partial charge in [0.1, 0.15) is 5.82 Å². The van der Waals surface area contributed by atoms with E-state index in [4.69, 9.17) is 11.6 Å². The summed E-state index contributed by atoms with van der Waals surface area (Å²) in [7, 11) is 0. The van der Waals surface area contributed by atoms with Gasteiger partial charge in [-0.2, -0.15) is 0 Å². The van der Waals surface area contributed by atoms with E-state index in [2.05, 4.69) is 4.90 Å². The van der Waals surface area contributed by atoms with E-state index >= 15 is 0 Å². The van der Waals surface area contributed by atoms with Crippen molar-refractivity contribution in [2.75, 3.05) is 13.1 Å². The molecule has 0 unspecified atom stereocenters. The first-order valence-corrected chi connectivity index (χ1v) is 8.39. The Hall–Kier alpha value is -1.13. The topological polar surface area (TPSA) is 23.6 Å². The normalized spacial score (nSPS) is 25.9. The number of carbonyl (C=O) groups is 1. The predicted octanol–water partition coefficient (Wildman–Crippen LogP) is 3.45. The monoisotopic (exact) mass is 324 g/mol. The third-order valence-electron chi connectivity index (χ3n) is 4.95. The highest BCUT2D eigenvalue weighted by molar-refractivity contribution is 6.31. The second kappa shape index (κ2) is 6.55. The molecule has 2 heterocycles. The van der Waals surface area contributed by atoms with Gasteiger partial charge in [-0.1, -0.05) is 17.7 Å². The summed E-state index contributed by atoms with van der Waals surface area (Å²) in [4.78, 5) is 16.2. The third kappa shape index (κ3) is 3.13. The van der Waals surface area contributed by atoms with Crippen LogP contribution in [0.3, 0.4) is 0 Å². The molecule has 2 aliphatic heterocycles. The Morgan fingerprint density at radius 3 is 2.73 bits per heavy atom. The molecular weight excluding hydrogens is 303 g/mol. The van der Waals surface area contributed by atoms with E-state index in [1.807, 2.05) is 4.90 Å². The van der Waals surface area contributed by atoms with Crippen molar-refractivity contribution in [1.29, 1.82) is 0 Å². The lowest BCUT2D eigenvalue weighted by Gasteiger charge is -2.34. The number of halogens is 2. The van der Waals surface area contributed by atoms with E-state index < -0.39 is 0 Å². The van der Waals surface area contributed by atoms with Crippen molar-refractivity contribution in [3.63, 3.8) is 0 Å². The average molecular weight is 325 g/mol. The number of nitrogens with zero attached hydrogens (tertiary/aromatic N) is 2. The van der Waals surface area contributed by atoms with Crippen LogP contribution in [0, 0.1) is 5.82 Å². The van der Waals surface area contributed by atoms with Gasteiger partial charge in [-0.25, -0.2) is 4.39 Å². The molecule has 0 bridgehead atoms. The van der Waals surface area contributed by atoms with Crippen molar-refractivity contribution >= 4 is 17.5 Å². The number of likely N-dealkylation sites (tertiary alicyclic amines) is 2. The second-order valence-corrected chi connectivity index (χ2v) is 6.74. The van der Waals surface area contributed by atoms with Crippen molar-refractivity contribution in [2.24, 2.45) is 0 Å². The van der Waals surface area contributed by atoms with Crippen molar-refractivity contribution in [3.8, 4) is 0 Å². The van der Waals surface area contributed by atoms with Gasteiger partial charge < -0.3 is 4.90 Å². The third-order valence-corrected chi connectivity index (χ3v) is 5.30. The maximum absolute atomic E-state index is 13.2. The lowest BCUT2D eigenvalue weighted by Crippen LogP contribution is -2.47. The molecule has 2 saturated heterocycles. The maximum Gasteiger partial charge on any atom is 0.219 e. The van der Waals surface area contributed by atoms with Gasteiger partial charge in [0.25, 0.3) is 0 Å². The number of rotatable bonds is 3. The van der Waals surface area contributed by atoms with Crippen LogP contribution in [0.25, 0.3) is 0 Å². The zero-order valence-corrected chi connectivity index (χ0v) is 13.7. The minimum Gasteiger partial charge on any atom is -0.338 e. The van der Waals surface area contributed by atoms with E-state index in [1.54, 1.807) is 13.0 Å². The highest BCUT2D eigenvalue weighted by atomic mass is 35.5. The summed E-state index contributed by atoms with van der Waals surface area (Å²) in [6, 6.07) is 5.32. The zero-order chi connectivity index (χ0) is 15.7. The summed E-state index contributed by atoms with van der Waals surface area (Å²) >= 11 is 6.16. The van der Waals surface area contributed by atoms with Crippen LogP contribution in [0.2, 0.25) is 5.02 Å². The molecule has 1 aromatic rings. The van der Waals surface area contributed by atoms with Crippen molar-refractivity contribution in [2.45, 2.75) is 51.2 Å². The minimum absolute atomic E-state index is 0.175. The molecule has 2 fully saturated rings. The van der Waals surface area contributed by atoms with Crippen LogP contribution < -0.4 is 0 Å². The number of carbonyl (C=O) groups excluding carboxylic acids is 1. The molecule has 0 aliphatic carbocycles. The largest absolute Gasteiger partial charge is 0.338 e. The highest BCUT2D eigenvalue weighted by Gasteiger charge is 2.38. The summed E-state index contributed by atoms with van der Waals surface area (Å²) < 4.78 is 13.2. The molecule has 0 spiro atoms. The summed E-state index contributed by atoms with van der Waals surface area (Å²) in [5, 5.41) is 0.487. The van der Waals surface area contributed by atoms with E-state index in [-0.39, 0.29) is 11.7 Å². The molecule has 3 rings (SSSR count). The van der Waals surface area contributed by atoms with E-state index in [1.165, 1.54) is 12.1 Å². The number of benzene rings is 1. The van der Waals surface area contributed by atoms with Gasteiger partial charge in [0.15, 0.2) is 0 Å². The van der Waals surface area contributed by atoms with Gasteiger partial charge >= 0.3 is 0 Å². The standard InChI is InChI=1S/C17H22ClFN2O/c1-12(22)21-9-3-5-17(21)16-4-2-8-20(16)11-13-6-7-14(19)10-15(13)18/h6-7,10,16-17H,2-5,8-9,11H2,1H3/t16-,17-/m0/s1. The Bertz CT molecular complexity index is 566. The smallest absolute Gasteiger partial charge is 0.219 e. The molecule has 120 valence electrons. The van der Waals surface area contributed by atoms with Crippen molar-refractivity contribution in [1.82, 2.24) is 9.80 Å². The van der Waals surface area contributed by atoms with Gasteiger partial charge in [-0.05, 0) is 49.9 Å². The Labute approximate surface area is 136 Å². The molecule has 0 radical (unpaired) electrons. The Kier molecular flexibility index (Phi) is 4.69. The lowest BCUT2D eigenvalue weighted by atomic mass is 10.0. The SMILES string of the molecule is CC(=O)N1CCC[C@H]1[C@@H]1CCCN1Cc1ccc(F)cc1Cl. The fourth-order valence-electron chi connectivity index (χ4n) is 3.94. The van der Waals surface area contributed by atoms with Crippen LogP contribution >= 0.6 is 11.6 Å². The Morgan fingerprint density at radius 1 is 1.27 bits per heavy atom. The first kappa shape index (κ1) is 15.8. The van der Waals surface area contributed by atoms with Crippen LogP contribution in [-0.2, 0) is 11.3 Å². The molecule has 1 amide bonds. The number of hydrogen-bond acceptors (Lipinski definition) is 2. The van der Waals surface area contributed by atoms with Crippen molar-refractivity contribution < 1.29 is 9.18 Å². The summed E-state index contributed by atoms with van der Waals surface area (Å²) in [6.45, 7) is 4.28. The molecule has 5 heteroatoms. The van der Waals surface area contributed by atoms with Crippen LogP contribution in [0.15, 0.2) is 18.2 Å². The predicted molar refractivity (Wildman–Crippen MR) is 85.3 cm³/mol. The van der Waals surface area contributed by atoms with E-state index in [0.29, 0.717) is 17.1 Å². The molecule has 2 atom stereocenters. The average Bonchev–Trinajstić information content (AvgIpc) is 3.10.